The minimum atomic E-state index is -0.355. The van der Waals surface area contributed by atoms with Crippen LogP contribution in [0.15, 0.2) is 24.3 Å². The van der Waals surface area contributed by atoms with Gasteiger partial charge in [-0.25, -0.2) is 0 Å². The topological polar surface area (TPSA) is 66.5 Å². The summed E-state index contributed by atoms with van der Waals surface area (Å²) in [5.41, 5.74) is 6.20. The summed E-state index contributed by atoms with van der Waals surface area (Å²) in [5.74, 6) is 1.56. The summed E-state index contributed by atoms with van der Waals surface area (Å²) in [6.45, 7) is 4.58. The van der Waals surface area contributed by atoms with Crippen molar-refractivity contribution < 1.29 is 10.2 Å². The Balaban J connectivity index is 1.73. The molecule has 0 saturated heterocycles. The van der Waals surface area contributed by atoms with Crippen LogP contribution in [0.3, 0.4) is 0 Å². The minimum Gasteiger partial charge on any atom is -0.393 e. The van der Waals surface area contributed by atoms with Crippen molar-refractivity contribution in [3.8, 4) is 0 Å². The fourth-order valence-corrected chi connectivity index (χ4v) is 6.24. The Labute approximate surface area is 133 Å². The van der Waals surface area contributed by atoms with Gasteiger partial charge in [0.05, 0.1) is 12.2 Å². The quantitative estimate of drug-likeness (QED) is 0.601. The molecule has 0 aromatic carbocycles. The first kappa shape index (κ1) is 14.9. The van der Waals surface area contributed by atoms with Crippen molar-refractivity contribution in [1.82, 2.24) is 0 Å². The van der Waals surface area contributed by atoms with Crippen LogP contribution in [0.25, 0.3) is 0 Å². The summed E-state index contributed by atoms with van der Waals surface area (Å²) in [4.78, 5) is 0. The van der Waals surface area contributed by atoms with Gasteiger partial charge in [0.15, 0.2) is 0 Å². The van der Waals surface area contributed by atoms with Gasteiger partial charge in [0.1, 0.15) is 0 Å². The molecule has 0 heterocycles. The minimum absolute atomic E-state index is 0.0832. The monoisotopic (exact) mass is 303 g/mol. The number of fused-ring (bicyclic) bond motifs is 5. The van der Waals surface area contributed by atoms with Crippen LogP contribution in [0, 0.1) is 34.5 Å². The lowest BCUT2D eigenvalue weighted by atomic mass is 9.45. The zero-order valence-corrected chi connectivity index (χ0v) is 13.7. The first-order chi connectivity index (χ1) is 10.4. The molecule has 3 heteroatoms. The molecule has 4 aliphatic carbocycles. The maximum absolute atomic E-state index is 10.9. The zero-order chi connectivity index (χ0) is 15.7. The molecule has 0 aliphatic heterocycles. The van der Waals surface area contributed by atoms with Gasteiger partial charge >= 0.3 is 0 Å². The van der Waals surface area contributed by atoms with Crippen molar-refractivity contribution in [2.75, 3.05) is 0 Å². The molecule has 0 spiro atoms. The van der Waals surface area contributed by atoms with Crippen LogP contribution in [0.5, 0.6) is 0 Å². The van der Waals surface area contributed by atoms with Gasteiger partial charge in [-0.2, -0.15) is 0 Å². The Hall–Kier alpha value is -0.640. The molecule has 9 atom stereocenters. The molecule has 0 radical (unpaired) electrons. The molecule has 4 rings (SSSR count). The molecule has 0 amide bonds. The van der Waals surface area contributed by atoms with Crippen molar-refractivity contribution >= 4 is 0 Å². The van der Waals surface area contributed by atoms with Crippen molar-refractivity contribution in [2.24, 2.45) is 40.2 Å². The first-order valence-corrected chi connectivity index (χ1v) is 8.85. The summed E-state index contributed by atoms with van der Waals surface area (Å²) in [5, 5.41) is 21.3. The molecule has 2 saturated carbocycles. The van der Waals surface area contributed by atoms with Crippen LogP contribution in [-0.2, 0) is 0 Å². The molecule has 122 valence electrons. The highest BCUT2D eigenvalue weighted by molar-refractivity contribution is 5.24. The van der Waals surface area contributed by atoms with Crippen molar-refractivity contribution in [3.63, 3.8) is 0 Å². The Morgan fingerprint density at radius 3 is 2.64 bits per heavy atom. The van der Waals surface area contributed by atoms with E-state index in [1.54, 1.807) is 0 Å². The van der Waals surface area contributed by atoms with E-state index in [0.717, 1.165) is 25.7 Å². The summed E-state index contributed by atoms with van der Waals surface area (Å²) in [6, 6.07) is 0.142. The zero-order valence-electron chi connectivity index (χ0n) is 13.7. The maximum atomic E-state index is 10.9. The summed E-state index contributed by atoms with van der Waals surface area (Å²) >= 11 is 0. The van der Waals surface area contributed by atoms with Gasteiger partial charge in [0.25, 0.3) is 0 Å². The SMILES string of the molecule is C[C@]12CC[C@H]3[C@@H]([C@@H](O)CC4C[C@@H](N)C=C[C@@]43C)[C@@H]1C=C[C@@H]2O. The molecular weight excluding hydrogens is 274 g/mol. The molecule has 1 unspecified atom stereocenters. The number of aliphatic hydroxyl groups is 2. The standard InChI is InChI=1S/C19H29NO2/c1-18-7-5-12(20)9-11(18)10-15(21)17-13-3-4-16(22)19(13,2)8-6-14(17)18/h3-5,7,11-17,21-22H,6,8-10,20H2,1-2H3/t11?,12-,13-,14-,15-,16-,17-,18-,19-/m0/s1. The molecular formula is C19H29NO2. The lowest BCUT2D eigenvalue weighted by Crippen LogP contribution is -2.58. The third-order valence-electron chi connectivity index (χ3n) is 7.72. The van der Waals surface area contributed by atoms with Crippen LogP contribution in [-0.4, -0.2) is 28.5 Å². The molecule has 2 fully saturated rings. The lowest BCUT2D eigenvalue weighted by molar-refractivity contribution is -0.140. The molecule has 3 nitrogen and oxygen atoms in total. The molecule has 4 N–H and O–H groups in total. The predicted octanol–water partition coefficient (Wildman–Crippen LogP) is 2.24. The van der Waals surface area contributed by atoms with Crippen molar-refractivity contribution in [2.45, 2.75) is 57.8 Å². The van der Waals surface area contributed by atoms with E-state index < -0.39 is 0 Å². The van der Waals surface area contributed by atoms with E-state index in [2.05, 4.69) is 32.1 Å². The number of aliphatic hydroxyl groups excluding tert-OH is 2. The third kappa shape index (κ3) is 1.79. The second-order valence-electron chi connectivity index (χ2n) is 8.71. The fourth-order valence-electron chi connectivity index (χ4n) is 6.24. The Kier molecular flexibility index (Phi) is 3.18. The number of allylic oxidation sites excluding steroid dienone is 2. The number of hydrogen-bond acceptors (Lipinski definition) is 3. The van der Waals surface area contributed by atoms with E-state index in [-0.39, 0.29) is 35.0 Å². The van der Waals surface area contributed by atoms with Crippen LogP contribution < -0.4 is 5.73 Å². The van der Waals surface area contributed by atoms with Gasteiger partial charge in [-0.05, 0) is 54.8 Å². The summed E-state index contributed by atoms with van der Waals surface area (Å²) in [7, 11) is 0. The van der Waals surface area contributed by atoms with Crippen LogP contribution in [0.1, 0.15) is 39.5 Å². The molecule has 0 aromatic heterocycles. The van der Waals surface area contributed by atoms with E-state index in [1.807, 2.05) is 6.08 Å². The Morgan fingerprint density at radius 2 is 1.86 bits per heavy atom. The largest absolute Gasteiger partial charge is 0.393 e. The highest BCUT2D eigenvalue weighted by atomic mass is 16.3. The van der Waals surface area contributed by atoms with Crippen LogP contribution in [0.4, 0.5) is 0 Å². The van der Waals surface area contributed by atoms with E-state index >= 15 is 0 Å². The number of hydrogen-bond donors (Lipinski definition) is 3. The first-order valence-electron chi connectivity index (χ1n) is 8.85. The van der Waals surface area contributed by atoms with Gasteiger partial charge in [-0.3, -0.25) is 0 Å². The maximum Gasteiger partial charge on any atom is 0.0780 e. The normalized spacial score (nSPS) is 59.8. The number of nitrogens with two attached hydrogens (primary N) is 1. The second-order valence-corrected chi connectivity index (χ2v) is 8.71. The average molecular weight is 303 g/mol. The molecule has 22 heavy (non-hydrogen) atoms. The molecule has 4 aliphatic rings. The van der Waals surface area contributed by atoms with Crippen molar-refractivity contribution in [1.29, 1.82) is 0 Å². The van der Waals surface area contributed by atoms with Crippen molar-refractivity contribution in [3.05, 3.63) is 24.3 Å². The van der Waals surface area contributed by atoms with Gasteiger partial charge < -0.3 is 15.9 Å². The summed E-state index contributed by atoms with van der Waals surface area (Å²) < 4.78 is 0. The van der Waals surface area contributed by atoms with Crippen LogP contribution in [0.2, 0.25) is 0 Å². The smallest absolute Gasteiger partial charge is 0.0780 e. The average Bonchev–Trinajstić information content (AvgIpc) is 2.77. The lowest BCUT2D eigenvalue weighted by Gasteiger charge is -2.60. The Morgan fingerprint density at radius 1 is 1.09 bits per heavy atom. The van der Waals surface area contributed by atoms with Gasteiger partial charge in [-0.1, -0.05) is 38.2 Å². The second kappa shape index (κ2) is 4.68. The molecule has 0 aromatic rings. The highest BCUT2D eigenvalue weighted by Crippen LogP contribution is 2.63. The van der Waals surface area contributed by atoms with Gasteiger partial charge in [0, 0.05) is 11.5 Å². The van der Waals surface area contributed by atoms with E-state index in [0.29, 0.717) is 17.8 Å². The van der Waals surface area contributed by atoms with Crippen LogP contribution >= 0.6 is 0 Å². The van der Waals surface area contributed by atoms with E-state index in [4.69, 9.17) is 5.73 Å². The Bertz CT molecular complexity index is 530. The number of rotatable bonds is 0. The third-order valence-corrected chi connectivity index (χ3v) is 7.72. The van der Waals surface area contributed by atoms with E-state index in [9.17, 15) is 10.2 Å². The fraction of sp³-hybridized carbons (Fsp3) is 0.789. The van der Waals surface area contributed by atoms with E-state index in [1.165, 1.54) is 0 Å². The molecule has 0 bridgehead atoms. The highest BCUT2D eigenvalue weighted by Gasteiger charge is 2.60. The predicted molar refractivity (Wildman–Crippen MR) is 86.9 cm³/mol. The van der Waals surface area contributed by atoms with Gasteiger partial charge in [-0.15, -0.1) is 0 Å². The van der Waals surface area contributed by atoms with Gasteiger partial charge in [0.2, 0.25) is 0 Å². The summed E-state index contributed by atoms with van der Waals surface area (Å²) in [6.07, 6.45) is 12.0.